The third-order valence-corrected chi connectivity index (χ3v) is 3.88. The standard InChI is InChI=1S/C9H18NO6P/c1-4-16-17(3,14)6-5-7(8(11)12)10-9(13)15-2/h7H,4-6H2,1-3H3,(H,10,13)(H,11,12)/t7-,17?/m0/s1. The number of ether oxygens (including phenoxy) is 1. The average molecular weight is 267 g/mol. The molecule has 8 heteroatoms. The van der Waals surface area contributed by atoms with Crippen molar-refractivity contribution in [1.29, 1.82) is 0 Å². The number of carbonyl (C=O) groups excluding carboxylic acids is 1. The first-order chi connectivity index (χ1) is 7.82. The van der Waals surface area contributed by atoms with Gasteiger partial charge in [-0.05, 0) is 13.3 Å². The zero-order chi connectivity index (χ0) is 13.5. The van der Waals surface area contributed by atoms with Gasteiger partial charge in [-0.25, -0.2) is 9.59 Å². The van der Waals surface area contributed by atoms with E-state index in [2.05, 4.69) is 10.1 Å². The lowest BCUT2D eigenvalue weighted by molar-refractivity contribution is -0.139. The summed E-state index contributed by atoms with van der Waals surface area (Å²) in [7, 11) is -1.66. The van der Waals surface area contributed by atoms with Crippen LogP contribution in [-0.4, -0.2) is 49.8 Å². The molecular weight excluding hydrogens is 249 g/mol. The number of nitrogens with one attached hydrogen (secondary N) is 1. The molecule has 0 aliphatic rings. The van der Waals surface area contributed by atoms with Crippen LogP contribution in [0.25, 0.3) is 0 Å². The molecule has 100 valence electrons. The Morgan fingerprint density at radius 2 is 2.06 bits per heavy atom. The molecule has 0 heterocycles. The van der Waals surface area contributed by atoms with E-state index in [4.69, 9.17) is 9.63 Å². The molecule has 0 saturated heterocycles. The third kappa shape index (κ3) is 6.97. The van der Waals surface area contributed by atoms with Gasteiger partial charge in [0.15, 0.2) is 7.37 Å². The fraction of sp³-hybridized carbons (Fsp3) is 0.778. The second-order valence-electron chi connectivity index (χ2n) is 3.47. The number of aliphatic carboxylic acids is 1. The van der Waals surface area contributed by atoms with Crippen molar-refractivity contribution >= 4 is 19.4 Å². The van der Waals surface area contributed by atoms with Crippen molar-refractivity contribution in [2.75, 3.05) is 26.5 Å². The van der Waals surface area contributed by atoms with E-state index in [0.717, 1.165) is 7.11 Å². The number of hydrogen-bond donors (Lipinski definition) is 2. The monoisotopic (exact) mass is 267 g/mol. The summed E-state index contributed by atoms with van der Waals surface area (Å²) < 4.78 is 21.0. The second-order valence-corrected chi connectivity index (χ2v) is 6.20. The van der Waals surface area contributed by atoms with E-state index in [1.165, 1.54) is 6.66 Å². The predicted octanol–water partition coefficient (Wildman–Crippen LogP) is 1.13. The summed E-state index contributed by atoms with van der Waals surface area (Å²) >= 11 is 0. The van der Waals surface area contributed by atoms with Crippen LogP contribution in [0.1, 0.15) is 13.3 Å². The van der Waals surface area contributed by atoms with Crippen LogP contribution in [-0.2, 0) is 18.6 Å². The predicted molar refractivity (Wildman–Crippen MR) is 61.6 cm³/mol. The van der Waals surface area contributed by atoms with Crippen molar-refractivity contribution in [3.63, 3.8) is 0 Å². The Labute approximate surface area is 99.9 Å². The summed E-state index contributed by atoms with van der Waals surface area (Å²) in [6, 6.07) is -1.13. The van der Waals surface area contributed by atoms with Crippen LogP contribution in [0.2, 0.25) is 0 Å². The molecule has 2 atom stereocenters. The summed E-state index contributed by atoms with van der Waals surface area (Å²) in [6.07, 6.45) is -0.722. The van der Waals surface area contributed by atoms with Crippen molar-refractivity contribution < 1.29 is 28.5 Å². The Balaban J connectivity index is 4.32. The van der Waals surface area contributed by atoms with Gasteiger partial charge in [-0.2, -0.15) is 0 Å². The fourth-order valence-electron chi connectivity index (χ4n) is 1.16. The SMILES string of the molecule is CCOP(C)(=O)CC[C@H](NC(=O)OC)C(=O)O. The van der Waals surface area contributed by atoms with Crippen molar-refractivity contribution in [2.45, 2.75) is 19.4 Å². The van der Waals surface area contributed by atoms with E-state index < -0.39 is 25.5 Å². The molecule has 0 aromatic carbocycles. The van der Waals surface area contributed by atoms with Crippen LogP contribution in [0.4, 0.5) is 4.79 Å². The van der Waals surface area contributed by atoms with Crippen LogP contribution < -0.4 is 5.32 Å². The molecule has 0 fully saturated rings. The van der Waals surface area contributed by atoms with E-state index in [9.17, 15) is 14.2 Å². The largest absolute Gasteiger partial charge is 0.480 e. The van der Waals surface area contributed by atoms with Gasteiger partial charge >= 0.3 is 12.1 Å². The topological polar surface area (TPSA) is 102 Å². The maximum atomic E-state index is 11.7. The lowest BCUT2D eigenvalue weighted by Gasteiger charge is -2.16. The smallest absolute Gasteiger partial charge is 0.407 e. The Hall–Kier alpha value is -1.07. The Kier molecular flexibility index (Phi) is 6.83. The fourth-order valence-corrected chi connectivity index (χ4v) is 2.56. The summed E-state index contributed by atoms with van der Waals surface area (Å²) in [5.41, 5.74) is 0. The van der Waals surface area contributed by atoms with Crippen LogP contribution in [0.3, 0.4) is 0 Å². The van der Waals surface area contributed by atoms with E-state index in [1.54, 1.807) is 6.92 Å². The van der Waals surface area contributed by atoms with E-state index in [0.29, 0.717) is 6.61 Å². The molecule has 0 aliphatic carbocycles. The molecule has 0 radical (unpaired) electrons. The Morgan fingerprint density at radius 1 is 1.47 bits per heavy atom. The van der Waals surface area contributed by atoms with Gasteiger partial charge in [0.05, 0.1) is 13.7 Å². The minimum atomic E-state index is -2.79. The van der Waals surface area contributed by atoms with E-state index in [-0.39, 0.29) is 12.6 Å². The lowest BCUT2D eigenvalue weighted by atomic mass is 10.2. The van der Waals surface area contributed by atoms with E-state index in [1.807, 2.05) is 0 Å². The molecule has 0 aliphatic heterocycles. The highest BCUT2D eigenvalue weighted by Gasteiger charge is 2.24. The maximum absolute atomic E-state index is 11.7. The first-order valence-corrected chi connectivity index (χ1v) is 7.36. The molecule has 0 aromatic rings. The van der Waals surface area contributed by atoms with Crippen molar-refractivity contribution in [3.05, 3.63) is 0 Å². The van der Waals surface area contributed by atoms with Crippen molar-refractivity contribution in [1.82, 2.24) is 5.32 Å². The maximum Gasteiger partial charge on any atom is 0.407 e. The first kappa shape index (κ1) is 15.9. The quantitative estimate of drug-likeness (QED) is 0.670. The lowest BCUT2D eigenvalue weighted by Crippen LogP contribution is -2.41. The van der Waals surface area contributed by atoms with Crippen LogP contribution >= 0.6 is 7.37 Å². The Bertz CT molecular complexity index is 319. The highest BCUT2D eigenvalue weighted by atomic mass is 31.2. The summed E-state index contributed by atoms with van der Waals surface area (Å²) in [5, 5.41) is 11.0. The van der Waals surface area contributed by atoms with E-state index >= 15 is 0 Å². The zero-order valence-corrected chi connectivity index (χ0v) is 11.0. The first-order valence-electron chi connectivity index (χ1n) is 5.10. The van der Waals surface area contributed by atoms with Crippen LogP contribution in [0.5, 0.6) is 0 Å². The van der Waals surface area contributed by atoms with Crippen LogP contribution in [0, 0.1) is 0 Å². The summed E-state index contributed by atoms with van der Waals surface area (Å²) in [4.78, 5) is 21.7. The molecule has 2 N–H and O–H groups in total. The Morgan fingerprint density at radius 3 is 2.47 bits per heavy atom. The minimum absolute atomic E-state index is 0.0260. The molecule has 1 amide bonds. The average Bonchev–Trinajstić information content (AvgIpc) is 2.23. The normalized spacial score (nSPS) is 15.7. The van der Waals surface area contributed by atoms with Gasteiger partial charge in [0.1, 0.15) is 6.04 Å². The minimum Gasteiger partial charge on any atom is -0.480 e. The molecule has 1 unspecified atom stereocenters. The number of carboxylic acids is 1. The van der Waals surface area contributed by atoms with Gasteiger partial charge in [-0.3, -0.25) is 4.57 Å². The van der Waals surface area contributed by atoms with Gasteiger partial charge in [0.2, 0.25) is 0 Å². The van der Waals surface area contributed by atoms with Gasteiger partial charge < -0.3 is 19.7 Å². The summed E-state index contributed by atoms with van der Waals surface area (Å²) in [5.74, 6) is -1.20. The third-order valence-electron chi connectivity index (χ3n) is 2.00. The van der Waals surface area contributed by atoms with Crippen molar-refractivity contribution in [2.24, 2.45) is 0 Å². The number of carboxylic acid groups (broad SMARTS) is 1. The summed E-state index contributed by atoms with van der Waals surface area (Å²) in [6.45, 7) is 3.45. The van der Waals surface area contributed by atoms with Gasteiger partial charge in [0, 0.05) is 12.8 Å². The number of carbonyl (C=O) groups is 2. The molecule has 0 bridgehead atoms. The molecular formula is C9H18NO6P. The highest BCUT2D eigenvalue weighted by Crippen LogP contribution is 2.43. The molecule has 0 spiro atoms. The van der Waals surface area contributed by atoms with Crippen molar-refractivity contribution in [3.8, 4) is 0 Å². The highest BCUT2D eigenvalue weighted by molar-refractivity contribution is 7.58. The number of alkyl carbamates (subject to hydrolysis) is 1. The molecule has 17 heavy (non-hydrogen) atoms. The van der Waals surface area contributed by atoms with Crippen LogP contribution in [0.15, 0.2) is 0 Å². The van der Waals surface area contributed by atoms with Gasteiger partial charge in [-0.1, -0.05) is 0 Å². The molecule has 0 rings (SSSR count). The number of hydrogen-bond acceptors (Lipinski definition) is 5. The van der Waals surface area contributed by atoms with Gasteiger partial charge in [-0.15, -0.1) is 0 Å². The number of amides is 1. The molecule has 7 nitrogen and oxygen atoms in total. The number of rotatable bonds is 7. The van der Waals surface area contributed by atoms with Gasteiger partial charge in [0.25, 0.3) is 0 Å². The number of methoxy groups -OCH3 is 1. The second kappa shape index (κ2) is 7.29. The molecule has 0 aromatic heterocycles. The zero-order valence-electron chi connectivity index (χ0n) is 10.1. The molecule has 0 saturated carbocycles.